The molecule has 1 atom stereocenters. The Morgan fingerprint density at radius 2 is 2.14 bits per heavy atom. The van der Waals surface area contributed by atoms with Gasteiger partial charge in [-0.2, -0.15) is 0 Å². The van der Waals surface area contributed by atoms with E-state index in [-0.39, 0.29) is 47.9 Å². The van der Waals surface area contributed by atoms with Crippen molar-refractivity contribution >= 4 is 47.4 Å². The van der Waals surface area contributed by atoms with E-state index in [4.69, 9.17) is 16.3 Å². The first kappa shape index (κ1) is 23.2. The Hall–Kier alpha value is -1.06. The maximum absolute atomic E-state index is 11.9. The molecule has 0 spiro atoms. The van der Waals surface area contributed by atoms with Gasteiger partial charge in [0.25, 0.3) is 0 Å². The van der Waals surface area contributed by atoms with Gasteiger partial charge in [-0.05, 0) is 43.4 Å². The third-order valence-corrected chi connectivity index (χ3v) is 5.51. The van der Waals surface area contributed by atoms with Gasteiger partial charge in [-0.15, -0.1) is 24.0 Å². The van der Waals surface area contributed by atoms with E-state index >= 15 is 0 Å². The molecule has 0 aromatic heterocycles. The van der Waals surface area contributed by atoms with Gasteiger partial charge in [-0.3, -0.25) is 4.79 Å². The zero-order chi connectivity index (χ0) is 19.3. The number of nitrogens with one attached hydrogen (secondary N) is 2. The van der Waals surface area contributed by atoms with Crippen molar-refractivity contribution in [1.29, 1.82) is 0 Å². The lowest BCUT2D eigenvalue weighted by Gasteiger charge is -2.21. The molecule has 1 saturated heterocycles. The number of amides is 1. The number of benzene rings is 1. The maximum atomic E-state index is 11.9. The van der Waals surface area contributed by atoms with Crippen molar-refractivity contribution in [2.75, 3.05) is 40.3 Å². The lowest BCUT2D eigenvalue weighted by Crippen LogP contribution is -2.44. The molecule has 1 aliphatic heterocycles. The average molecular weight is 521 g/mol. The highest BCUT2D eigenvalue weighted by Gasteiger charge is 2.44. The Bertz CT molecular complexity index is 689. The van der Waals surface area contributed by atoms with Crippen LogP contribution in [0.2, 0.25) is 5.02 Å². The molecule has 2 aliphatic rings. The van der Waals surface area contributed by atoms with Crippen LogP contribution in [0.15, 0.2) is 29.3 Å². The zero-order valence-corrected chi connectivity index (χ0v) is 19.6. The summed E-state index contributed by atoms with van der Waals surface area (Å²) >= 11 is 6.17. The van der Waals surface area contributed by atoms with Crippen LogP contribution < -0.4 is 10.6 Å². The molecular formula is C20H30ClIN4O2. The van der Waals surface area contributed by atoms with Gasteiger partial charge in [-0.1, -0.05) is 23.7 Å². The largest absolute Gasteiger partial charge is 0.376 e. The van der Waals surface area contributed by atoms with Crippen molar-refractivity contribution in [3.8, 4) is 0 Å². The SMILES string of the molecule is CN(C)C(=O)CN=C(NCC1CCCO1)NCC1(c2cccc(Cl)c2)CC1.I. The topological polar surface area (TPSA) is 66.0 Å². The zero-order valence-electron chi connectivity index (χ0n) is 16.5. The fourth-order valence-electron chi connectivity index (χ4n) is 3.27. The van der Waals surface area contributed by atoms with Gasteiger partial charge in [0.05, 0.1) is 6.10 Å². The van der Waals surface area contributed by atoms with Crippen molar-refractivity contribution in [2.24, 2.45) is 4.99 Å². The van der Waals surface area contributed by atoms with Crippen molar-refractivity contribution < 1.29 is 9.53 Å². The van der Waals surface area contributed by atoms with E-state index in [1.54, 1.807) is 19.0 Å². The Morgan fingerprint density at radius 1 is 1.36 bits per heavy atom. The fourth-order valence-corrected chi connectivity index (χ4v) is 3.46. The highest BCUT2D eigenvalue weighted by molar-refractivity contribution is 14.0. The number of carbonyl (C=O) groups excluding carboxylic acids is 1. The van der Waals surface area contributed by atoms with Crippen LogP contribution in [0, 0.1) is 0 Å². The normalized spacial score (nSPS) is 20.2. The molecular weight excluding hydrogens is 491 g/mol. The summed E-state index contributed by atoms with van der Waals surface area (Å²) in [4.78, 5) is 17.9. The summed E-state index contributed by atoms with van der Waals surface area (Å²) in [6.07, 6.45) is 4.61. The second kappa shape index (κ2) is 10.6. The van der Waals surface area contributed by atoms with Gasteiger partial charge in [-0.25, -0.2) is 4.99 Å². The van der Waals surface area contributed by atoms with Gasteiger partial charge in [0, 0.05) is 44.2 Å². The molecule has 28 heavy (non-hydrogen) atoms. The van der Waals surface area contributed by atoms with Crippen molar-refractivity contribution in [3.63, 3.8) is 0 Å². The molecule has 1 unspecified atom stereocenters. The summed E-state index contributed by atoms with van der Waals surface area (Å²) < 4.78 is 5.67. The molecule has 0 radical (unpaired) electrons. The summed E-state index contributed by atoms with van der Waals surface area (Å²) in [6, 6.07) is 8.07. The number of ether oxygens (including phenoxy) is 1. The molecule has 1 aromatic rings. The highest BCUT2D eigenvalue weighted by atomic mass is 127. The van der Waals surface area contributed by atoms with Crippen molar-refractivity contribution in [1.82, 2.24) is 15.5 Å². The second-order valence-electron chi connectivity index (χ2n) is 7.61. The molecule has 1 aliphatic carbocycles. The number of hydrogen-bond acceptors (Lipinski definition) is 3. The molecule has 1 heterocycles. The number of aliphatic imine (C=N–C) groups is 1. The summed E-state index contributed by atoms with van der Waals surface area (Å²) in [5.74, 6) is 0.637. The second-order valence-corrected chi connectivity index (χ2v) is 8.05. The molecule has 1 aromatic carbocycles. The van der Waals surface area contributed by atoms with Gasteiger partial charge in [0.2, 0.25) is 5.91 Å². The molecule has 2 N–H and O–H groups in total. The highest BCUT2D eigenvalue weighted by Crippen LogP contribution is 2.48. The first-order valence-electron chi connectivity index (χ1n) is 9.58. The average Bonchev–Trinajstić information content (AvgIpc) is 3.26. The Morgan fingerprint density at radius 3 is 2.75 bits per heavy atom. The molecule has 156 valence electrons. The number of rotatable bonds is 7. The minimum absolute atomic E-state index is 0. The summed E-state index contributed by atoms with van der Waals surface area (Å²) in [5, 5.41) is 7.53. The minimum atomic E-state index is -0.0239. The molecule has 0 bridgehead atoms. The van der Waals surface area contributed by atoms with Crippen LogP contribution in [-0.2, 0) is 14.9 Å². The molecule has 6 nitrogen and oxygen atoms in total. The summed E-state index contributed by atoms with van der Waals surface area (Å²) in [7, 11) is 3.48. The minimum Gasteiger partial charge on any atom is -0.376 e. The first-order chi connectivity index (χ1) is 13.0. The molecule has 2 fully saturated rings. The quantitative estimate of drug-likeness (QED) is 0.330. The Labute approximate surface area is 189 Å². The predicted octanol–water partition coefficient (Wildman–Crippen LogP) is 2.79. The van der Waals surface area contributed by atoms with Crippen LogP contribution in [-0.4, -0.2) is 63.2 Å². The van der Waals surface area contributed by atoms with Crippen LogP contribution in [0.25, 0.3) is 0 Å². The van der Waals surface area contributed by atoms with E-state index in [9.17, 15) is 4.79 Å². The number of nitrogens with zero attached hydrogens (tertiary/aromatic N) is 2. The molecule has 3 rings (SSSR count). The van der Waals surface area contributed by atoms with Crippen LogP contribution >= 0.6 is 35.6 Å². The standard InChI is InChI=1S/C20H29ClN4O2.HI/c1-25(2)18(26)13-23-19(22-12-17-7-4-10-27-17)24-14-20(8-9-20)15-5-3-6-16(21)11-15;/h3,5-6,11,17H,4,7-10,12-14H2,1-2H3,(H2,22,23,24);1H. The third-order valence-electron chi connectivity index (χ3n) is 5.28. The number of carbonyl (C=O) groups is 1. The summed E-state index contributed by atoms with van der Waals surface area (Å²) in [6.45, 7) is 2.41. The molecule has 8 heteroatoms. The van der Waals surface area contributed by atoms with E-state index in [0.29, 0.717) is 12.5 Å². The lowest BCUT2D eigenvalue weighted by atomic mass is 9.96. The van der Waals surface area contributed by atoms with Gasteiger partial charge >= 0.3 is 0 Å². The Kier molecular flexibility index (Phi) is 8.82. The smallest absolute Gasteiger partial charge is 0.243 e. The predicted molar refractivity (Wildman–Crippen MR) is 124 cm³/mol. The monoisotopic (exact) mass is 520 g/mol. The molecule has 1 amide bonds. The van der Waals surface area contributed by atoms with Crippen LogP contribution in [0.4, 0.5) is 0 Å². The molecule has 1 saturated carbocycles. The van der Waals surface area contributed by atoms with Crippen molar-refractivity contribution in [3.05, 3.63) is 34.9 Å². The van der Waals surface area contributed by atoms with E-state index in [1.165, 1.54) is 5.56 Å². The number of halogens is 2. The first-order valence-corrected chi connectivity index (χ1v) is 9.96. The number of likely N-dealkylation sites (N-methyl/N-ethyl adjacent to an activating group) is 1. The third kappa shape index (κ3) is 6.49. The Balaban J connectivity index is 0.00000280. The van der Waals surface area contributed by atoms with Crippen LogP contribution in [0.5, 0.6) is 0 Å². The van der Waals surface area contributed by atoms with Gasteiger partial charge < -0.3 is 20.3 Å². The number of guanidine groups is 1. The van der Waals surface area contributed by atoms with E-state index < -0.39 is 0 Å². The maximum Gasteiger partial charge on any atom is 0.243 e. The summed E-state index contributed by atoms with van der Waals surface area (Å²) in [5.41, 5.74) is 1.35. The van der Waals surface area contributed by atoms with Crippen LogP contribution in [0.3, 0.4) is 0 Å². The van der Waals surface area contributed by atoms with E-state index in [2.05, 4.69) is 21.7 Å². The van der Waals surface area contributed by atoms with Gasteiger partial charge in [0.15, 0.2) is 5.96 Å². The van der Waals surface area contributed by atoms with Gasteiger partial charge in [0.1, 0.15) is 6.54 Å². The van der Waals surface area contributed by atoms with E-state index in [1.807, 2.05) is 18.2 Å². The van der Waals surface area contributed by atoms with Crippen LogP contribution in [0.1, 0.15) is 31.2 Å². The van der Waals surface area contributed by atoms with E-state index in [0.717, 1.165) is 43.9 Å². The number of hydrogen-bond donors (Lipinski definition) is 2. The lowest BCUT2D eigenvalue weighted by molar-refractivity contribution is -0.127. The fraction of sp³-hybridized carbons (Fsp3) is 0.600. The van der Waals surface area contributed by atoms with Crippen molar-refractivity contribution in [2.45, 2.75) is 37.2 Å².